The van der Waals surface area contributed by atoms with E-state index >= 15 is 0 Å². The van der Waals surface area contributed by atoms with Gasteiger partial charge in [0.25, 0.3) is 0 Å². The molecular formula is C18H20N2O4Sn. The maximum atomic E-state index is 12.4. The second kappa shape index (κ2) is 8.46. The molecule has 0 aromatic heterocycles. The van der Waals surface area contributed by atoms with Crippen LogP contribution in [0.15, 0.2) is 60.7 Å². The summed E-state index contributed by atoms with van der Waals surface area (Å²) in [5, 5.41) is 6.04. The van der Waals surface area contributed by atoms with Crippen molar-refractivity contribution in [2.45, 2.75) is 0 Å². The summed E-state index contributed by atoms with van der Waals surface area (Å²) in [6.07, 6.45) is 0. The Morgan fingerprint density at radius 3 is 1.48 bits per heavy atom. The van der Waals surface area contributed by atoms with Crippen LogP contribution in [-0.4, -0.2) is 57.3 Å². The van der Waals surface area contributed by atoms with Crippen molar-refractivity contribution in [3.63, 3.8) is 0 Å². The van der Waals surface area contributed by atoms with Crippen LogP contribution in [0.2, 0.25) is 0 Å². The number of carbonyl (C=O) groups excluding carboxylic acids is 2. The number of carbonyl (C=O) groups is 2. The summed E-state index contributed by atoms with van der Waals surface area (Å²) in [5.41, 5.74) is 0. The summed E-state index contributed by atoms with van der Waals surface area (Å²) in [6, 6.07) is 18.7. The van der Waals surface area contributed by atoms with E-state index in [2.05, 4.69) is 10.6 Å². The van der Waals surface area contributed by atoms with E-state index < -0.39 is 31.1 Å². The Hall–Kier alpha value is -1.90. The van der Waals surface area contributed by atoms with Crippen LogP contribution in [0.1, 0.15) is 0 Å². The average molecular weight is 447 g/mol. The Bertz CT molecular complexity index is 661. The van der Waals surface area contributed by atoms with Crippen molar-refractivity contribution in [2.75, 3.05) is 26.2 Å². The minimum atomic E-state index is -4.46. The molecule has 0 unspecified atom stereocenters. The van der Waals surface area contributed by atoms with Gasteiger partial charge in [-0.1, -0.05) is 0 Å². The molecule has 0 atom stereocenters. The van der Waals surface area contributed by atoms with E-state index in [1.54, 1.807) is 0 Å². The summed E-state index contributed by atoms with van der Waals surface area (Å²) in [6.45, 7) is 1.30. The van der Waals surface area contributed by atoms with E-state index in [0.29, 0.717) is 13.1 Å². The molecule has 0 saturated carbocycles. The first-order valence-electron chi connectivity index (χ1n) is 8.17. The van der Waals surface area contributed by atoms with Crippen LogP contribution in [0.5, 0.6) is 0 Å². The summed E-state index contributed by atoms with van der Waals surface area (Å²) >= 11 is -4.46. The average Bonchev–Trinajstić information content (AvgIpc) is 2.68. The number of hydrogen-bond donors (Lipinski definition) is 2. The number of hydrogen-bond acceptors (Lipinski definition) is 6. The molecule has 25 heavy (non-hydrogen) atoms. The van der Waals surface area contributed by atoms with E-state index in [1.807, 2.05) is 60.7 Å². The molecule has 1 aliphatic heterocycles. The van der Waals surface area contributed by atoms with Gasteiger partial charge in [0.05, 0.1) is 0 Å². The molecule has 0 amide bonds. The Kier molecular flexibility index (Phi) is 6.06. The molecule has 3 rings (SSSR count). The molecule has 1 saturated heterocycles. The van der Waals surface area contributed by atoms with Gasteiger partial charge in [-0.15, -0.1) is 0 Å². The first-order valence-corrected chi connectivity index (χ1v) is 13.4. The monoisotopic (exact) mass is 448 g/mol. The fourth-order valence-electron chi connectivity index (χ4n) is 2.69. The van der Waals surface area contributed by atoms with Crippen molar-refractivity contribution in [3.8, 4) is 0 Å². The van der Waals surface area contributed by atoms with Gasteiger partial charge in [0, 0.05) is 0 Å². The fourth-order valence-corrected chi connectivity index (χ4v) is 11.0. The van der Waals surface area contributed by atoms with E-state index in [-0.39, 0.29) is 13.1 Å². The standard InChI is InChI=1S/C6H12N2O4.2C6H5.Sn/c9-5(10)3-7-1-2-8-4-6(11)12;2*1-2-4-6-5-3-1;/h7-8H,1-4H2,(H,9,10)(H,11,12);2*1-5H;/q;;;+2/p-2. The number of nitrogens with one attached hydrogen (secondary N) is 2. The third kappa shape index (κ3) is 4.39. The minimum absolute atomic E-state index is 0.0809. The summed E-state index contributed by atoms with van der Waals surface area (Å²) in [5.74, 6) is -0.809. The van der Waals surface area contributed by atoms with Gasteiger partial charge < -0.3 is 0 Å². The molecule has 0 spiro atoms. The summed E-state index contributed by atoms with van der Waals surface area (Å²) in [4.78, 5) is 24.9. The Labute approximate surface area is 151 Å². The Morgan fingerprint density at radius 2 is 1.08 bits per heavy atom. The molecule has 1 heterocycles. The quantitative estimate of drug-likeness (QED) is 0.607. The van der Waals surface area contributed by atoms with Crippen LogP contribution in [0.3, 0.4) is 0 Å². The molecule has 0 radical (unpaired) electrons. The molecule has 7 heteroatoms. The SMILES string of the molecule is O=C1CNCCNCC(=O)[O][Sn]([c]2ccccc2)([c]2ccccc2)[O]1. The third-order valence-corrected chi connectivity index (χ3v) is 13.0. The van der Waals surface area contributed by atoms with Gasteiger partial charge in [0.1, 0.15) is 0 Å². The molecular weight excluding hydrogens is 427 g/mol. The Balaban J connectivity index is 2.10. The van der Waals surface area contributed by atoms with Crippen molar-refractivity contribution in [2.24, 2.45) is 0 Å². The molecule has 0 aliphatic carbocycles. The number of rotatable bonds is 2. The predicted molar refractivity (Wildman–Crippen MR) is 95.8 cm³/mol. The normalized spacial score (nSPS) is 18.6. The van der Waals surface area contributed by atoms with Gasteiger partial charge in [-0.3, -0.25) is 0 Å². The van der Waals surface area contributed by atoms with Crippen LogP contribution >= 0.6 is 0 Å². The van der Waals surface area contributed by atoms with Crippen molar-refractivity contribution in [1.29, 1.82) is 0 Å². The molecule has 1 fully saturated rings. The molecule has 2 aromatic rings. The first-order chi connectivity index (χ1) is 12.2. The molecule has 6 nitrogen and oxygen atoms in total. The Morgan fingerprint density at radius 1 is 0.680 bits per heavy atom. The second-order valence-electron chi connectivity index (χ2n) is 5.65. The molecule has 130 valence electrons. The molecule has 2 aromatic carbocycles. The van der Waals surface area contributed by atoms with Crippen LogP contribution < -0.4 is 17.8 Å². The zero-order valence-corrected chi connectivity index (χ0v) is 16.6. The topological polar surface area (TPSA) is 76.7 Å². The molecule has 2 N–H and O–H groups in total. The van der Waals surface area contributed by atoms with Crippen LogP contribution in [0, 0.1) is 0 Å². The van der Waals surface area contributed by atoms with E-state index in [1.165, 1.54) is 0 Å². The van der Waals surface area contributed by atoms with Gasteiger partial charge in [-0.05, 0) is 0 Å². The van der Waals surface area contributed by atoms with Crippen LogP contribution in [0.4, 0.5) is 0 Å². The zero-order chi connectivity index (χ0) is 17.5. The second-order valence-corrected chi connectivity index (χ2v) is 13.6. The number of benzene rings is 2. The zero-order valence-electron chi connectivity index (χ0n) is 13.7. The fraction of sp³-hybridized carbons (Fsp3) is 0.222. The van der Waals surface area contributed by atoms with E-state index in [9.17, 15) is 9.59 Å². The van der Waals surface area contributed by atoms with Crippen molar-refractivity contribution in [1.82, 2.24) is 10.6 Å². The predicted octanol–water partition coefficient (Wildman–Crippen LogP) is -0.478. The van der Waals surface area contributed by atoms with Gasteiger partial charge >= 0.3 is 152 Å². The molecule has 1 aliphatic rings. The van der Waals surface area contributed by atoms with E-state index in [0.717, 1.165) is 7.16 Å². The van der Waals surface area contributed by atoms with Crippen molar-refractivity contribution in [3.05, 3.63) is 60.7 Å². The van der Waals surface area contributed by atoms with Gasteiger partial charge in [-0.2, -0.15) is 0 Å². The van der Waals surface area contributed by atoms with E-state index in [4.69, 9.17) is 6.15 Å². The van der Waals surface area contributed by atoms with Crippen LogP contribution in [-0.2, 0) is 15.7 Å². The summed E-state index contributed by atoms with van der Waals surface area (Å²) in [7, 11) is 0. The van der Waals surface area contributed by atoms with Crippen molar-refractivity contribution < 1.29 is 15.7 Å². The van der Waals surface area contributed by atoms with Gasteiger partial charge in [0.15, 0.2) is 0 Å². The summed E-state index contributed by atoms with van der Waals surface area (Å²) < 4.78 is 13.5. The first kappa shape index (κ1) is 17.9. The van der Waals surface area contributed by atoms with Gasteiger partial charge in [-0.25, -0.2) is 0 Å². The van der Waals surface area contributed by atoms with Gasteiger partial charge in [0.2, 0.25) is 0 Å². The maximum absolute atomic E-state index is 12.4. The molecule has 0 bridgehead atoms. The third-order valence-electron chi connectivity index (χ3n) is 3.84. The van der Waals surface area contributed by atoms with Crippen LogP contribution in [0.25, 0.3) is 0 Å². The van der Waals surface area contributed by atoms with Crippen molar-refractivity contribution >= 4 is 38.3 Å².